The highest BCUT2D eigenvalue weighted by Crippen LogP contribution is 2.27. The number of benzene rings is 2. The van der Waals surface area contributed by atoms with E-state index in [0.29, 0.717) is 5.92 Å². The molecule has 1 N–H and O–H groups in total. The van der Waals surface area contributed by atoms with Crippen LogP contribution < -0.4 is 5.32 Å². The van der Waals surface area contributed by atoms with E-state index < -0.39 is 0 Å². The van der Waals surface area contributed by atoms with Gasteiger partial charge in [0, 0.05) is 24.0 Å². The second-order valence-corrected chi connectivity index (χ2v) is 7.40. The van der Waals surface area contributed by atoms with E-state index in [4.69, 9.17) is 4.98 Å². The zero-order chi connectivity index (χ0) is 18.8. The van der Waals surface area contributed by atoms with Gasteiger partial charge in [0.15, 0.2) is 0 Å². The van der Waals surface area contributed by atoms with E-state index >= 15 is 0 Å². The van der Waals surface area contributed by atoms with E-state index in [-0.39, 0.29) is 5.91 Å². The lowest BCUT2D eigenvalue weighted by Crippen LogP contribution is -2.30. The van der Waals surface area contributed by atoms with Crippen LogP contribution in [0.4, 0.5) is 0 Å². The first-order chi connectivity index (χ1) is 13.2. The SMILES string of the molecule is CNCC1CCN(C(=O)c2cc(-c3ccc(C)cc3)nc3ccccc23)C1. The summed E-state index contributed by atoms with van der Waals surface area (Å²) in [4.78, 5) is 20.1. The Morgan fingerprint density at radius 3 is 2.74 bits per heavy atom. The molecule has 4 rings (SSSR count). The van der Waals surface area contributed by atoms with E-state index in [0.717, 1.165) is 53.8 Å². The Bertz CT molecular complexity index is 965. The first kappa shape index (κ1) is 17.7. The van der Waals surface area contributed by atoms with Gasteiger partial charge in [0.2, 0.25) is 0 Å². The van der Waals surface area contributed by atoms with Gasteiger partial charge in [-0.2, -0.15) is 0 Å². The number of nitrogens with zero attached hydrogens (tertiary/aromatic N) is 2. The molecule has 4 nitrogen and oxygen atoms in total. The van der Waals surface area contributed by atoms with Crippen LogP contribution in [-0.4, -0.2) is 42.5 Å². The summed E-state index contributed by atoms with van der Waals surface area (Å²) in [7, 11) is 1.97. The Morgan fingerprint density at radius 1 is 1.19 bits per heavy atom. The van der Waals surface area contributed by atoms with E-state index in [1.807, 2.05) is 42.3 Å². The molecular weight excluding hydrogens is 334 g/mol. The minimum atomic E-state index is 0.112. The summed E-state index contributed by atoms with van der Waals surface area (Å²) in [6.07, 6.45) is 1.06. The minimum absolute atomic E-state index is 0.112. The number of hydrogen-bond acceptors (Lipinski definition) is 3. The molecule has 3 aromatic rings. The zero-order valence-corrected chi connectivity index (χ0v) is 15.9. The molecule has 4 heteroatoms. The monoisotopic (exact) mass is 359 g/mol. The molecule has 1 fully saturated rings. The van der Waals surface area contributed by atoms with Crippen LogP contribution in [0.1, 0.15) is 22.3 Å². The number of likely N-dealkylation sites (tertiary alicyclic amines) is 1. The fraction of sp³-hybridized carbons (Fsp3) is 0.304. The van der Waals surface area contributed by atoms with Crippen LogP contribution in [0.15, 0.2) is 54.6 Å². The molecule has 1 unspecified atom stereocenters. The van der Waals surface area contributed by atoms with Gasteiger partial charge in [-0.1, -0.05) is 48.0 Å². The van der Waals surface area contributed by atoms with E-state index in [2.05, 4.69) is 36.5 Å². The van der Waals surface area contributed by atoms with Gasteiger partial charge in [0.1, 0.15) is 0 Å². The number of carbonyl (C=O) groups is 1. The van der Waals surface area contributed by atoms with Gasteiger partial charge in [-0.3, -0.25) is 4.79 Å². The number of para-hydroxylation sites is 1. The number of hydrogen-bond donors (Lipinski definition) is 1. The van der Waals surface area contributed by atoms with E-state index in [9.17, 15) is 4.79 Å². The van der Waals surface area contributed by atoms with Crippen LogP contribution >= 0.6 is 0 Å². The largest absolute Gasteiger partial charge is 0.338 e. The predicted octanol–water partition coefficient (Wildman–Crippen LogP) is 3.89. The molecule has 27 heavy (non-hydrogen) atoms. The van der Waals surface area contributed by atoms with Crippen molar-refractivity contribution in [2.45, 2.75) is 13.3 Å². The third-order valence-corrected chi connectivity index (χ3v) is 5.36. The average molecular weight is 359 g/mol. The van der Waals surface area contributed by atoms with Gasteiger partial charge >= 0.3 is 0 Å². The van der Waals surface area contributed by atoms with Crippen LogP contribution in [-0.2, 0) is 0 Å². The highest BCUT2D eigenvalue weighted by molar-refractivity contribution is 6.07. The maximum Gasteiger partial charge on any atom is 0.254 e. The summed E-state index contributed by atoms with van der Waals surface area (Å²) in [5, 5.41) is 4.15. The van der Waals surface area contributed by atoms with Crippen molar-refractivity contribution in [3.8, 4) is 11.3 Å². The number of aryl methyl sites for hydroxylation is 1. The fourth-order valence-electron chi connectivity index (χ4n) is 3.87. The fourth-order valence-corrected chi connectivity index (χ4v) is 3.87. The highest BCUT2D eigenvalue weighted by atomic mass is 16.2. The molecule has 1 aliphatic heterocycles. The lowest BCUT2D eigenvalue weighted by molar-refractivity contribution is 0.0789. The van der Waals surface area contributed by atoms with Crippen molar-refractivity contribution in [1.82, 2.24) is 15.2 Å². The van der Waals surface area contributed by atoms with Crippen molar-refractivity contribution in [2.75, 3.05) is 26.7 Å². The van der Waals surface area contributed by atoms with Gasteiger partial charge in [-0.15, -0.1) is 0 Å². The summed E-state index contributed by atoms with van der Waals surface area (Å²) in [5.74, 6) is 0.643. The smallest absolute Gasteiger partial charge is 0.254 e. The molecule has 0 radical (unpaired) electrons. The van der Waals surface area contributed by atoms with Crippen LogP contribution in [0.5, 0.6) is 0 Å². The molecule has 1 amide bonds. The van der Waals surface area contributed by atoms with E-state index in [1.54, 1.807) is 0 Å². The van der Waals surface area contributed by atoms with Crippen molar-refractivity contribution in [2.24, 2.45) is 5.92 Å². The van der Waals surface area contributed by atoms with Crippen LogP contribution in [0, 0.1) is 12.8 Å². The Kier molecular flexibility index (Phi) is 4.90. The molecule has 0 saturated carbocycles. The molecule has 1 saturated heterocycles. The van der Waals surface area contributed by atoms with Crippen molar-refractivity contribution >= 4 is 16.8 Å². The Labute approximate surface area is 160 Å². The van der Waals surface area contributed by atoms with Gasteiger partial charge < -0.3 is 10.2 Å². The maximum absolute atomic E-state index is 13.3. The zero-order valence-electron chi connectivity index (χ0n) is 15.9. The Hall–Kier alpha value is -2.72. The first-order valence-corrected chi connectivity index (χ1v) is 9.56. The molecular formula is C23H25N3O. The second-order valence-electron chi connectivity index (χ2n) is 7.40. The molecule has 0 bridgehead atoms. The summed E-state index contributed by atoms with van der Waals surface area (Å²) in [6, 6.07) is 18.2. The number of pyridine rings is 1. The van der Waals surface area contributed by atoms with E-state index in [1.165, 1.54) is 5.56 Å². The number of nitrogens with one attached hydrogen (secondary N) is 1. The lowest BCUT2D eigenvalue weighted by atomic mass is 10.0. The molecule has 0 aliphatic carbocycles. The standard InChI is InChI=1S/C23H25N3O/c1-16-7-9-18(10-8-16)22-13-20(19-5-3-4-6-21(19)25-22)23(27)26-12-11-17(15-26)14-24-2/h3-10,13,17,24H,11-12,14-15H2,1-2H3. The minimum Gasteiger partial charge on any atom is -0.338 e. The van der Waals surface area contributed by atoms with Crippen molar-refractivity contribution in [1.29, 1.82) is 0 Å². The number of fused-ring (bicyclic) bond motifs is 1. The number of amides is 1. The summed E-state index contributed by atoms with van der Waals surface area (Å²) < 4.78 is 0. The normalized spacial score (nSPS) is 16.8. The molecule has 1 aromatic heterocycles. The van der Waals surface area contributed by atoms with Gasteiger partial charge in [-0.25, -0.2) is 4.98 Å². The Morgan fingerprint density at radius 2 is 1.96 bits per heavy atom. The molecule has 2 aromatic carbocycles. The molecule has 2 heterocycles. The van der Waals surface area contributed by atoms with Crippen LogP contribution in [0.3, 0.4) is 0 Å². The quantitative estimate of drug-likeness (QED) is 0.769. The second kappa shape index (κ2) is 7.49. The maximum atomic E-state index is 13.3. The number of carbonyl (C=O) groups excluding carboxylic acids is 1. The molecule has 138 valence electrons. The predicted molar refractivity (Wildman–Crippen MR) is 110 cm³/mol. The molecule has 1 aliphatic rings. The van der Waals surface area contributed by atoms with Crippen molar-refractivity contribution < 1.29 is 4.79 Å². The van der Waals surface area contributed by atoms with Crippen molar-refractivity contribution in [3.63, 3.8) is 0 Å². The highest BCUT2D eigenvalue weighted by Gasteiger charge is 2.27. The molecule has 0 spiro atoms. The molecule has 1 atom stereocenters. The number of rotatable bonds is 4. The first-order valence-electron chi connectivity index (χ1n) is 9.56. The van der Waals surface area contributed by atoms with Gasteiger partial charge in [0.25, 0.3) is 5.91 Å². The van der Waals surface area contributed by atoms with Crippen LogP contribution in [0.25, 0.3) is 22.2 Å². The summed E-state index contributed by atoms with van der Waals surface area (Å²) in [6.45, 7) is 4.66. The van der Waals surface area contributed by atoms with Gasteiger partial charge in [0.05, 0.1) is 16.8 Å². The number of aromatic nitrogens is 1. The van der Waals surface area contributed by atoms with Gasteiger partial charge in [-0.05, 0) is 45.0 Å². The Balaban J connectivity index is 1.75. The average Bonchev–Trinajstić information content (AvgIpc) is 3.16. The van der Waals surface area contributed by atoms with Crippen molar-refractivity contribution in [3.05, 3.63) is 65.7 Å². The summed E-state index contributed by atoms with van der Waals surface area (Å²) >= 11 is 0. The third-order valence-electron chi connectivity index (χ3n) is 5.36. The summed E-state index contributed by atoms with van der Waals surface area (Å²) in [5.41, 5.74) is 4.72. The topological polar surface area (TPSA) is 45.2 Å². The van der Waals surface area contributed by atoms with Crippen LogP contribution in [0.2, 0.25) is 0 Å². The third kappa shape index (κ3) is 3.58. The lowest BCUT2D eigenvalue weighted by Gasteiger charge is -2.18.